The van der Waals surface area contributed by atoms with E-state index in [9.17, 15) is 10.2 Å². The average Bonchev–Trinajstić information content (AvgIpc) is 2.51. The SMILES string of the molecule is CCCC(O)(CCC)CCc1cccc(C(O)CCNC)c1. The molecule has 1 aromatic carbocycles. The maximum absolute atomic E-state index is 10.7. The Bertz CT molecular complexity index is 414. The van der Waals surface area contributed by atoms with Gasteiger partial charge in [-0.25, -0.2) is 0 Å². The number of nitrogens with one attached hydrogen (secondary N) is 1. The Balaban J connectivity index is 2.65. The topological polar surface area (TPSA) is 52.5 Å². The predicted octanol–water partition coefficient (Wildman–Crippen LogP) is 3.59. The van der Waals surface area contributed by atoms with Gasteiger partial charge in [-0.3, -0.25) is 0 Å². The fraction of sp³-hybridized carbons (Fsp3) is 0.684. The van der Waals surface area contributed by atoms with Gasteiger partial charge in [0.1, 0.15) is 0 Å². The van der Waals surface area contributed by atoms with Crippen LogP contribution in [0.2, 0.25) is 0 Å². The Labute approximate surface area is 135 Å². The standard InChI is InChI=1S/C19H33NO2/c1-4-11-19(22,12-5-2)13-9-16-7-6-8-17(15-16)18(21)10-14-20-3/h6-8,15,18,20-22H,4-5,9-14H2,1-3H3. The second-order valence-electron chi connectivity index (χ2n) is 6.38. The van der Waals surface area contributed by atoms with Crippen molar-refractivity contribution in [3.63, 3.8) is 0 Å². The van der Waals surface area contributed by atoms with E-state index in [1.165, 1.54) is 5.56 Å². The molecule has 1 rings (SSSR count). The Kier molecular flexibility index (Phi) is 8.69. The third-order valence-electron chi connectivity index (χ3n) is 4.31. The largest absolute Gasteiger partial charge is 0.390 e. The molecule has 1 aromatic rings. The maximum Gasteiger partial charge on any atom is 0.0802 e. The van der Waals surface area contributed by atoms with Crippen molar-refractivity contribution in [2.24, 2.45) is 0 Å². The zero-order valence-corrected chi connectivity index (χ0v) is 14.4. The summed E-state index contributed by atoms with van der Waals surface area (Å²) in [5.41, 5.74) is 1.64. The fourth-order valence-corrected chi connectivity index (χ4v) is 3.09. The van der Waals surface area contributed by atoms with Crippen LogP contribution in [0.1, 0.15) is 69.6 Å². The van der Waals surface area contributed by atoms with E-state index >= 15 is 0 Å². The van der Waals surface area contributed by atoms with Crippen molar-refractivity contribution in [3.8, 4) is 0 Å². The average molecular weight is 307 g/mol. The fourth-order valence-electron chi connectivity index (χ4n) is 3.09. The van der Waals surface area contributed by atoms with Crippen LogP contribution < -0.4 is 5.32 Å². The molecular formula is C19H33NO2. The third kappa shape index (κ3) is 6.47. The first-order valence-corrected chi connectivity index (χ1v) is 8.68. The molecule has 0 spiro atoms. The van der Waals surface area contributed by atoms with E-state index in [1.807, 2.05) is 19.2 Å². The highest BCUT2D eigenvalue weighted by molar-refractivity contribution is 5.25. The Hall–Kier alpha value is -0.900. The summed E-state index contributed by atoms with van der Waals surface area (Å²) < 4.78 is 0. The molecule has 0 radical (unpaired) electrons. The molecule has 1 unspecified atom stereocenters. The maximum atomic E-state index is 10.7. The van der Waals surface area contributed by atoms with Crippen molar-refractivity contribution in [2.75, 3.05) is 13.6 Å². The van der Waals surface area contributed by atoms with E-state index in [1.54, 1.807) is 0 Å². The van der Waals surface area contributed by atoms with Crippen LogP contribution in [0, 0.1) is 0 Å². The van der Waals surface area contributed by atoms with Crippen LogP contribution >= 0.6 is 0 Å². The second kappa shape index (κ2) is 9.98. The van der Waals surface area contributed by atoms with Crippen LogP contribution in [0.5, 0.6) is 0 Å². The molecule has 0 aliphatic heterocycles. The zero-order valence-electron chi connectivity index (χ0n) is 14.4. The van der Waals surface area contributed by atoms with Crippen LogP contribution in [0.25, 0.3) is 0 Å². The Morgan fingerprint density at radius 3 is 2.41 bits per heavy atom. The summed E-state index contributed by atoms with van der Waals surface area (Å²) in [4.78, 5) is 0. The van der Waals surface area contributed by atoms with Gasteiger partial charge in [0.25, 0.3) is 0 Å². The molecule has 0 saturated heterocycles. The first kappa shape index (κ1) is 19.1. The summed E-state index contributed by atoms with van der Waals surface area (Å²) in [7, 11) is 1.89. The molecule has 0 heterocycles. The molecule has 3 N–H and O–H groups in total. The Morgan fingerprint density at radius 2 is 1.82 bits per heavy atom. The summed E-state index contributed by atoms with van der Waals surface area (Å²) in [6.45, 7) is 5.05. The van der Waals surface area contributed by atoms with Crippen LogP contribution in [-0.4, -0.2) is 29.4 Å². The van der Waals surface area contributed by atoms with E-state index in [2.05, 4.69) is 31.3 Å². The van der Waals surface area contributed by atoms with E-state index in [-0.39, 0.29) is 0 Å². The summed E-state index contributed by atoms with van der Waals surface area (Å²) in [6.07, 6.45) is 5.72. The number of benzene rings is 1. The van der Waals surface area contributed by atoms with Crippen LogP contribution in [0.4, 0.5) is 0 Å². The van der Waals surface area contributed by atoms with Crippen molar-refractivity contribution >= 4 is 0 Å². The van der Waals surface area contributed by atoms with Crippen LogP contribution in [-0.2, 0) is 6.42 Å². The predicted molar refractivity (Wildman–Crippen MR) is 93.0 cm³/mol. The number of aliphatic hydroxyl groups is 2. The summed E-state index contributed by atoms with van der Waals surface area (Å²) in [5.74, 6) is 0. The smallest absolute Gasteiger partial charge is 0.0802 e. The lowest BCUT2D eigenvalue weighted by Crippen LogP contribution is -2.28. The van der Waals surface area contributed by atoms with Gasteiger partial charge in [0, 0.05) is 0 Å². The molecule has 3 heteroatoms. The summed E-state index contributed by atoms with van der Waals surface area (Å²) in [6, 6.07) is 8.16. The Morgan fingerprint density at radius 1 is 1.14 bits per heavy atom. The van der Waals surface area contributed by atoms with E-state index in [0.29, 0.717) is 0 Å². The van der Waals surface area contributed by atoms with Gasteiger partial charge in [0.2, 0.25) is 0 Å². The van der Waals surface area contributed by atoms with Gasteiger partial charge in [-0.05, 0) is 56.8 Å². The molecule has 1 atom stereocenters. The van der Waals surface area contributed by atoms with Crippen molar-refractivity contribution < 1.29 is 10.2 Å². The molecule has 3 nitrogen and oxygen atoms in total. The van der Waals surface area contributed by atoms with Crippen LogP contribution in [0.15, 0.2) is 24.3 Å². The molecule has 0 aliphatic rings. The van der Waals surface area contributed by atoms with Gasteiger partial charge in [-0.2, -0.15) is 0 Å². The number of aliphatic hydroxyl groups excluding tert-OH is 1. The number of hydrogen-bond donors (Lipinski definition) is 3. The first-order valence-electron chi connectivity index (χ1n) is 8.68. The van der Waals surface area contributed by atoms with E-state index in [0.717, 1.165) is 57.1 Å². The number of rotatable bonds is 11. The molecule has 0 saturated carbocycles. The van der Waals surface area contributed by atoms with Crippen molar-refractivity contribution in [2.45, 2.75) is 70.5 Å². The molecule has 0 aromatic heterocycles. The van der Waals surface area contributed by atoms with Gasteiger partial charge in [-0.15, -0.1) is 0 Å². The molecular weight excluding hydrogens is 274 g/mol. The molecule has 126 valence electrons. The summed E-state index contributed by atoms with van der Waals surface area (Å²) in [5, 5.41) is 24.0. The van der Waals surface area contributed by atoms with Crippen molar-refractivity contribution in [1.82, 2.24) is 5.32 Å². The summed E-state index contributed by atoms with van der Waals surface area (Å²) >= 11 is 0. The van der Waals surface area contributed by atoms with Crippen molar-refractivity contribution in [1.29, 1.82) is 0 Å². The highest BCUT2D eigenvalue weighted by Crippen LogP contribution is 2.26. The molecule has 0 bridgehead atoms. The van der Waals surface area contributed by atoms with Gasteiger partial charge < -0.3 is 15.5 Å². The number of aryl methyl sites for hydroxylation is 1. The van der Waals surface area contributed by atoms with Gasteiger partial charge >= 0.3 is 0 Å². The zero-order chi connectivity index (χ0) is 16.4. The molecule has 0 fully saturated rings. The second-order valence-corrected chi connectivity index (χ2v) is 6.38. The minimum absolute atomic E-state index is 0.419. The quantitative estimate of drug-likeness (QED) is 0.585. The third-order valence-corrected chi connectivity index (χ3v) is 4.31. The molecule has 0 aliphatic carbocycles. The normalized spacial score (nSPS) is 13.3. The van der Waals surface area contributed by atoms with Gasteiger partial charge in [-0.1, -0.05) is 51.0 Å². The first-order chi connectivity index (χ1) is 10.5. The molecule has 22 heavy (non-hydrogen) atoms. The lowest BCUT2D eigenvalue weighted by Gasteiger charge is -2.27. The van der Waals surface area contributed by atoms with E-state index in [4.69, 9.17) is 0 Å². The minimum Gasteiger partial charge on any atom is -0.390 e. The monoisotopic (exact) mass is 307 g/mol. The highest BCUT2D eigenvalue weighted by atomic mass is 16.3. The number of hydrogen-bond acceptors (Lipinski definition) is 3. The lowest BCUT2D eigenvalue weighted by atomic mass is 9.86. The lowest BCUT2D eigenvalue weighted by molar-refractivity contribution is 0.0132. The minimum atomic E-state index is -0.537. The van der Waals surface area contributed by atoms with Gasteiger partial charge in [0.05, 0.1) is 11.7 Å². The molecule has 0 amide bonds. The van der Waals surface area contributed by atoms with Gasteiger partial charge in [0.15, 0.2) is 0 Å². The van der Waals surface area contributed by atoms with Crippen molar-refractivity contribution in [3.05, 3.63) is 35.4 Å². The van der Waals surface area contributed by atoms with E-state index < -0.39 is 11.7 Å². The highest BCUT2D eigenvalue weighted by Gasteiger charge is 2.24. The van der Waals surface area contributed by atoms with Crippen LogP contribution in [0.3, 0.4) is 0 Å².